The van der Waals surface area contributed by atoms with Gasteiger partial charge in [0, 0.05) is 31.0 Å². The van der Waals surface area contributed by atoms with Crippen LogP contribution in [0.2, 0.25) is 0 Å². The van der Waals surface area contributed by atoms with Crippen molar-refractivity contribution in [2.45, 2.75) is 19.5 Å². The Morgan fingerprint density at radius 2 is 2.05 bits per heavy atom. The van der Waals surface area contributed by atoms with E-state index in [1.165, 1.54) is 10.8 Å². The lowest BCUT2D eigenvalue weighted by molar-refractivity contribution is 0.299. The molecule has 2 aromatic carbocycles. The molecule has 0 atom stereocenters. The molecule has 1 aromatic heterocycles. The van der Waals surface area contributed by atoms with Crippen molar-refractivity contribution in [3.8, 4) is 5.75 Å². The molecule has 4 nitrogen and oxygen atoms in total. The second-order valence-electron chi connectivity index (χ2n) is 4.97. The number of fused-ring (bicyclic) bond motifs is 1. The Kier molecular flexibility index (Phi) is 4.17. The van der Waals surface area contributed by atoms with Crippen LogP contribution in [-0.2, 0) is 13.1 Å². The average molecular weight is 281 g/mol. The van der Waals surface area contributed by atoms with Crippen molar-refractivity contribution in [2.24, 2.45) is 5.73 Å². The highest BCUT2D eigenvalue weighted by molar-refractivity contribution is 5.87. The minimum absolute atomic E-state index is 0.484. The van der Waals surface area contributed by atoms with Gasteiger partial charge in [0.2, 0.25) is 0 Å². The third kappa shape index (κ3) is 3.06. The zero-order chi connectivity index (χ0) is 14.5. The normalized spacial score (nSPS) is 10.9. The van der Waals surface area contributed by atoms with Gasteiger partial charge in [0.1, 0.15) is 5.75 Å². The largest absolute Gasteiger partial charge is 0.493 e. The fourth-order valence-electron chi connectivity index (χ4n) is 2.51. The van der Waals surface area contributed by atoms with E-state index >= 15 is 0 Å². The summed E-state index contributed by atoms with van der Waals surface area (Å²) in [5.74, 6) is 0.891. The predicted octanol–water partition coefficient (Wildman–Crippen LogP) is 2.96. The van der Waals surface area contributed by atoms with Crippen molar-refractivity contribution in [3.63, 3.8) is 0 Å². The van der Waals surface area contributed by atoms with Gasteiger partial charge in [-0.1, -0.05) is 30.3 Å². The van der Waals surface area contributed by atoms with Gasteiger partial charge in [-0.15, -0.1) is 0 Å². The number of aromatic nitrogens is 2. The fraction of sp³-hybridized carbons (Fsp3) is 0.235. The Morgan fingerprint density at radius 3 is 2.86 bits per heavy atom. The van der Waals surface area contributed by atoms with E-state index in [2.05, 4.69) is 23.2 Å². The molecule has 2 N–H and O–H groups in total. The van der Waals surface area contributed by atoms with Gasteiger partial charge >= 0.3 is 0 Å². The molecule has 1 heterocycles. The van der Waals surface area contributed by atoms with Crippen LogP contribution in [0.1, 0.15) is 12.0 Å². The first-order valence-electron chi connectivity index (χ1n) is 7.17. The summed E-state index contributed by atoms with van der Waals surface area (Å²) in [6.07, 6.45) is 6.51. The molecule has 3 rings (SSSR count). The maximum absolute atomic E-state index is 5.92. The molecule has 0 aliphatic rings. The number of ether oxygens (including phenoxy) is 1. The van der Waals surface area contributed by atoms with E-state index in [4.69, 9.17) is 10.5 Å². The van der Waals surface area contributed by atoms with Crippen molar-refractivity contribution in [1.29, 1.82) is 0 Å². The SMILES string of the molecule is NCc1c(OCCCn2ccnc2)ccc2ccccc12. The van der Waals surface area contributed by atoms with Gasteiger partial charge in [-0.3, -0.25) is 0 Å². The van der Waals surface area contributed by atoms with Crippen LogP contribution < -0.4 is 10.5 Å². The highest BCUT2D eigenvalue weighted by atomic mass is 16.5. The van der Waals surface area contributed by atoms with Crippen LogP contribution in [0, 0.1) is 0 Å². The zero-order valence-corrected chi connectivity index (χ0v) is 11.9. The second kappa shape index (κ2) is 6.41. The number of imidazole rings is 1. The fourth-order valence-corrected chi connectivity index (χ4v) is 2.51. The third-order valence-corrected chi connectivity index (χ3v) is 3.58. The van der Waals surface area contributed by atoms with Crippen molar-refractivity contribution in [1.82, 2.24) is 9.55 Å². The number of benzene rings is 2. The molecule has 0 fully saturated rings. The van der Waals surface area contributed by atoms with Crippen molar-refractivity contribution in [2.75, 3.05) is 6.61 Å². The first kappa shape index (κ1) is 13.6. The molecule has 108 valence electrons. The zero-order valence-electron chi connectivity index (χ0n) is 11.9. The minimum atomic E-state index is 0.484. The maximum Gasteiger partial charge on any atom is 0.124 e. The van der Waals surface area contributed by atoms with E-state index in [0.29, 0.717) is 13.2 Å². The molecular formula is C17H19N3O. The molecular weight excluding hydrogens is 262 g/mol. The van der Waals surface area contributed by atoms with E-state index in [-0.39, 0.29) is 0 Å². The maximum atomic E-state index is 5.92. The first-order valence-corrected chi connectivity index (χ1v) is 7.17. The Hall–Kier alpha value is -2.33. The number of rotatable bonds is 6. The molecule has 0 spiro atoms. The topological polar surface area (TPSA) is 53.1 Å². The molecule has 0 saturated heterocycles. The van der Waals surface area contributed by atoms with Crippen LogP contribution in [-0.4, -0.2) is 16.2 Å². The molecule has 0 aliphatic heterocycles. The molecule has 3 aromatic rings. The van der Waals surface area contributed by atoms with Crippen LogP contribution >= 0.6 is 0 Å². The number of aryl methyl sites for hydroxylation is 1. The van der Waals surface area contributed by atoms with Gasteiger partial charge < -0.3 is 15.0 Å². The highest BCUT2D eigenvalue weighted by Gasteiger charge is 2.07. The highest BCUT2D eigenvalue weighted by Crippen LogP contribution is 2.27. The van der Waals surface area contributed by atoms with E-state index in [1.54, 1.807) is 6.20 Å². The molecule has 0 amide bonds. The van der Waals surface area contributed by atoms with E-state index in [1.807, 2.05) is 35.3 Å². The summed E-state index contributed by atoms with van der Waals surface area (Å²) in [6, 6.07) is 12.4. The number of nitrogens with zero attached hydrogens (tertiary/aromatic N) is 2. The number of hydrogen-bond donors (Lipinski definition) is 1. The van der Waals surface area contributed by atoms with E-state index in [0.717, 1.165) is 24.3 Å². The first-order chi connectivity index (χ1) is 10.4. The predicted molar refractivity (Wildman–Crippen MR) is 84.2 cm³/mol. The summed E-state index contributed by atoms with van der Waals surface area (Å²) in [5.41, 5.74) is 6.99. The summed E-state index contributed by atoms with van der Waals surface area (Å²) in [4.78, 5) is 4.03. The molecule has 0 bridgehead atoms. The van der Waals surface area contributed by atoms with Crippen LogP contribution in [0.25, 0.3) is 10.8 Å². The summed E-state index contributed by atoms with van der Waals surface area (Å²) < 4.78 is 7.97. The lowest BCUT2D eigenvalue weighted by atomic mass is 10.0. The third-order valence-electron chi connectivity index (χ3n) is 3.58. The van der Waals surface area contributed by atoms with Gasteiger partial charge in [0.15, 0.2) is 0 Å². The average Bonchev–Trinajstić information content (AvgIpc) is 3.04. The number of hydrogen-bond acceptors (Lipinski definition) is 3. The lowest BCUT2D eigenvalue weighted by Crippen LogP contribution is -2.06. The van der Waals surface area contributed by atoms with Crippen LogP contribution in [0.4, 0.5) is 0 Å². The van der Waals surface area contributed by atoms with Gasteiger partial charge in [-0.25, -0.2) is 4.98 Å². The van der Waals surface area contributed by atoms with Crippen LogP contribution in [0.5, 0.6) is 5.75 Å². The second-order valence-corrected chi connectivity index (χ2v) is 4.97. The Morgan fingerprint density at radius 1 is 1.14 bits per heavy atom. The van der Waals surface area contributed by atoms with Crippen LogP contribution in [0.15, 0.2) is 55.1 Å². The molecule has 0 saturated carbocycles. The van der Waals surface area contributed by atoms with Gasteiger partial charge in [-0.05, 0) is 23.3 Å². The standard InChI is InChI=1S/C17H19N3O/c18-12-16-15-5-2-1-4-14(15)6-7-17(16)21-11-3-9-20-10-8-19-13-20/h1-2,4-8,10,13H,3,9,11-12,18H2. The van der Waals surface area contributed by atoms with Crippen LogP contribution in [0.3, 0.4) is 0 Å². The van der Waals surface area contributed by atoms with Gasteiger partial charge in [-0.2, -0.15) is 0 Å². The lowest BCUT2D eigenvalue weighted by Gasteiger charge is -2.13. The monoisotopic (exact) mass is 281 g/mol. The molecule has 0 unspecified atom stereocenters. The van der Waals surface area contributed by atoms with E-state index in [9.17, 15) is 0 Å². The molecule has 21 heavy (non-hydrogen) atoms. The van der Waals surface area contributed by atoms with Gasteiger partial charge in [0.25, 0.3) is 0 Å². The molecule has 4 heteroatoms. The summed E-state index contributed by atoms with van der Waals surface area (Å²) in [5, 5.41) is 2.37. The Balaban J connectivity index is 1.68. The van der Waals surface area contributed by atoms with Crippen molar-refractivity contribution in [3.05, 3.63) is 60.7 Å². The Bertz CT molecular complexity index is 707. The molecule has 0 aliphatic carbocycles. The smallest absolute Gasteiger partial charge is 0.124 e. The Labute approximate surface area is 124 Å². The van der Waals surface area contributed by atoms with Crippen molar-refractivity contribution < 1.29 is 4.74 Å². The quantitative estimate of drug-likeness (QED) is 0.707. The summed E-state index contributed by atoms with van der Waals surface area (Å²) in [6.45, 7) is 2.06. The summed E-state index contributed by atoms with van der Waals surface area (Å²) in [7, 11) is 0. The summed E-state index contributed by atoms with van der Waals surface area (Å²) >= 11 is 0. The molecule has 0 radical (unpaired) electrons. The van der Waals surface area contributed by atoms with Crippen molar-refractivity contribution >= 4 is 10.8 Å². The van der Waals surface area contributed by atoms with E-state index < -0.39 is 0 Å². The minimum Gasteiger partial charge on any atom is -0.493 e. The number of nitrogens with two attached hydrogens (primary N) is 1. The van der Waals surface area contributed by atoms with Gasteiger partial charge in [0.05, 0.1) is 12.9 Å².